The van der Waals surface area contributed by atoms with Gasteiger partial charge in [0.1, 0.15) is 12.2 Å². The molecule has 0 bridgehead atoms. The van der Waals surface area contributed by atoms with Gasteiger partial charge < -0.3 is 61.6 Å². The highest BCUT2D eigenvalue weighted by molar-refractivity contribution is 5.71. The molecule has 0 radical (unpaired) electrons. The zero-order valence-corrected chi connectivity index (χ0v) is 31.9. The molecule has 0 aliphatic heterocycles. The average molecular weight is 729 g/mol. The van der Waals surface area contributed by atoms with Crippen molar-refractivity contribution in [1.29, 1.82) is 0 Å². The van der Waals surface area contributed by atoms with Crippen molar-refractivity contribution in [1.82, 2.24) is 0 Å². The summed E-state index contributed by atoms with van der Waals surface area (Å²) in [5.74, 6) is -0.385. The summed E-state index contributed by atoms with van der Waals surface area (Å²) in [6.07, 6.45) is 7.66. The van der Waals surface area contributed by atoms with Crippen molar-refractivity contribution in [3.63, 3.8) is 0 Å². The number of esters is 1. The van der Waals surface area contributed by atoms with Crippen LogP contribution in [0, 0.1) is 0 Å². The predicted molar refractivity (Wildman–Crippen MR) is 189 cm³/mol. The molecule has 0 N–H and O–H groups in total. The third-order valence-corrected chi connectivity index (χ3v) is 6.37. The van der Waals surface area contributed by atoms with E-state index in [0.717, 1.165) is 13.0 Å². The lowest BCUT2D eigenvalue weighted by Gasteiger charge is -2.19. The summed E-state index contributed by atoms with van der Waals surface area (Å²) in [5, 5.41) is 0. The fraction of sp³-hybridized carbons (Fsp3) is 0.972. The molecule has 0 aromatic rings. The van der Waals surface area contributed by atoms with Crippen molar-refractivity contribution < 1.29 is 66.4 Å². The molecule has 0 saturated heterocycles. The quantitative estimate of drug-likeness (QED) is 0.0664. The van der Waals surface area contributed by atoms with Gasteiger partial charge in [0.15, 0.2) is 0 Å². The Morgan fingerprint density at radius 1 is 0.340 bits per heavy atom. The molecule has 0 amide bonds. The van der Waals surface area contributed by atoms with Crippen molar-refractivity contribution in [2.24, 2.45) is 0 Å². The lowest BCUT2D eigenvalue weighted by Crippen LogP contribution is -2.27. The van der Waals surface area contributed by atoms with E-state index in [-0.39, 0.29) is 12.6 Å². The van der Waals surface area contributed by atoms with Crippen molar-refractivity contribution in [2.45, 2.75) is 71.8 Å². The van der Waals surface area contributed by atoms with Gasteiger partial charge in [-0.05, 0) is 27.2 Å². The summed E-state index contributed by atoms with van der Waals surface area (Å²) in [6.45, 7) is 19.4. The van der Waals surface area contributed by atoms with Crippen molar-refractivity contribution in [3.8, 4) is 0 Å². The van der Waals surface area contributed by atoms with E-state index in [4.69, 9.17) is 61.6 Å². The Kier molecular flexibility index (Phi) is 39.9. The zero-order chi connectivity index (χ0) is 36.5. The van der Waals surface area contributed by atoms with Crippen LogP contribution in [0.1, 0.15) is 66.2 Å². The highest BCUT2D eigenvalue weighted by Crippen LogP contribution is 2.07. The first-order chi connectivity index (χ1) is 24.5. The smallest absolute Gasteiger partial charge is 0.332 e. The van der Waals surface area contributed by atoms with E-state index in [1.54, 1.807) is 0 Å². The molecule has 0 aromatic carbocycles. The maximum atomic E-state index is 11.5. The second-order valence-corrected chi connectivity index (χ2v) is 12.1. The molecular weight excluding hydrogens is 656 g/mol. The van der Waals surface area contributed by atoms with Crippen LogP contribution in [0.25, 0.3) is 0 Å². The molecule has 14 heteroatoms. The van der Waals surface area contributed by atoms with E-state index in [9.17, 15) is 4.79 Å². The third-order valence-electron chi connectivity index (χ3n) is 6.37. The van der Waals surface area contributed by atoms with E-state index in [1.165, 1.54) is 32.1 Å². The van der Waals surface area contributed by atoms with Crippen LogP contribution in [0.5, 0.6) is 0 Å². The van der Waals surface area contributed by atoms with Crippen LogP contribution in [0.15, 0.2) is 0 Å². The Morgan fingerprint density at radius 3 is 0.860 bits per heavy atom. The molecule has 0 fully saturated rings. The number of carbonyl (C=O) groups excluding carboxylic acids is 1. The van der Waals surface area contributed by atoms with E-state index in [2.05, 4.69) is 6.92 Å². The standard InChI is InChI=1S/C36H72O14/c1-5-6-7-8-9-10-11-38-12-13-39-14-15-40-16-17-41-18-19-42-20-21-43-22-23-44-24-25-45-26-27-46-28-29-47-30-31-48-32-33-49-34-35(37)50-36(2,3)4/h5-34H2,1-4H3. The first-order valence-electron chi connectivity index (χ1n) is 18.6. The van der Waals surface area contributed by atoms with Crippen LogP contribution in [0.3, 0.4) is 0 Å². The first-order valence-corrected chi connectivity index (χ1v) is 18.6. The van der Waals surface area contributed by atoms with Crippen LogP contribution in [0.2, 0.25) is 0 Å². The van der Waals surface area contributed by atoms with Gasteiger partial charge >= 0.3 is 5.97 Å². The number of hydrogen-bond donors (Lipinski definition) is 0. The van der Waals surface area contributed by atoms with Gasteiger partial charge in [0, 0.05) is 6.61 Å². The summed E-state index contributed by atoms with van der Waals surface area (Å²) in [6, 6.07) is 0. The van der Waals surface area contributed by atoms with Crippen LogP contribution in [-0.2, 0) is 66.4 Å². The maximum Gasteiger partial charge on any atom is 0.332 e. The summed E-state index contributed by atoms with van der Waals surface area (Å²) in [4.78, 5) is 11.5. The van der Waals surface area contributed by atoms with Gasteiger partial charge in [-0.1, -0.05) is 39.0 Å². The summed E-state index contributed by atoms with van der Waals surface area (Å²) < 4.78 is 70.7. The minimum atomic E-state index is -0.510. The van der Waals surface area contributed by atoms with Gasteiger partial charge in [-0.2, -0.15) is 0 Å². The number of unbranched alkanes of at least 4 members (excludes halogenated alkanes) is 5. The molecule has 0 saturated carbocycles. The molecule has 0 aliphatic carbocycles. The van der Waals surface area contributed by atoms with Crippen LogP contribution >= 0.6 is 0 Å². The molecule has 300 valence electrons. The number of rotatable bonds is 42. The number of hydrogen-bond acceptors (Lipinski definition) is 14. The Hall–Kier alpha value is -1.01. The van der Waals surface area contributed by atoms with Crippen molar-refractivity contribution in [3.05, 3.63) is 0 Å². The monoisotopic (exact) mass is 728 g/mol. The fourth-order valence-corrected chi connectivity index (χ4v) is 3.93. The maximum absolute atomic E-state index is 11.5. The summed E-state index contributed by atoms with van der Waals surface area (Å²) >= 11 is 0. The Balaban J connectivity index is 3.09. The molecule has 0 atom stereocenters. The van der Waals surface area contributed by atoms with Gasteiger partial charge in [-0.25, -0.2) is 4.79 Å². The first kappa shape index (κ1) is 49.0. The van der Waals surface area contributed by atoms with Gasteiger partial charge in [0.05, 0.1) is 145 Å². The van der Waals surface area contributed by atoms with E-state index >= 15 is 0 Å². The minimum absolute atomic E-state index is 0.0823. The Morgan fingerprint density at radius 2 is 0.580 bits per heavy atom. The fourth-order valence-electron chi connectivity index (χ4n) is 3.93. The molecule has 0 aromatic heterocycles. The number of carbonyl (C=O) groups is 1. The lowest BCUT2D eigenvalue weighted by molar-refractivity contribution is -0.160. The van der Waals surface area contributed by atoms with Gasteiger partial charge in [0.2, 0.25) is 0 Å². The second kappa shape index (κ2) is 40.8. The molecule has 0 aliphatic rings. The predicted octanol–water partition coefficient (Wildman–Crippen LogP) is 3.89. The van der Waals surface area contributed by atoms with Crippen molar-refractivity contribution in [2.75, 3.05) is 159 Å². The normalized spacial score (nSPS) is 11.8. The van der Waals surface area contributed by atoms with Gasteiger partial charge in [-0.3, -0.25) is 0 Å². The Labute approximate surface area is 302 Å². The van der Waals surface area contributed by atoms with Gasteiger partial charge in [-0.15, -0.1) is 0 Å². The average Bonchev–Trinajstić information content (AvgIpc) is 3.08. The van der Waals surface area contributed by atoms with Crippen LogP contribution < -0.4 is 0 Å². The third kappa shape index (κ3) is 45.0. The highest BCUT2D eigenvalue weighted by Gasteiger charge is 2.15. The zero-order valence-electron chi connectivity index (χ0n) is 31.9. The molecule has 50 heavy (non-hydrogen) atoms. The molecule has 0 spiro atoms. The van der Waals surface area contributed by atoms with E-state index in [0.29, 0.717) is 145 Å². The lowest BCUT2D eigenvalue weighted by atomic mass is 10.1. The summed E-state index contributed by atoms with van der Waals surface area (Å²) in [5.41, 5.74) is -0.510. The second-order valence-electron chi connectivity index (χ2n) is 12.1. The van der Waals surface area contributed by atoms with Crippen LogP contribution in [-0.4, -0.2) is 170 Å². The largest absolute Gasteiger partial charge is 0.458 e. The molecular formula is C36H72O14. The molecule has 14 nitrogen and oxygen atoms in total. The molecule has 0 unspecified atom stereocenters. The van der Waals surface area contributed by atoms with Gasteiger partial charge in [0.25, 0.3) is 0 Å². The van der Waals surface area contributed by atoms with E-state index in [1.807, 2.05) is 20.8 Å². The molecule has 0 rings (SSSR count). The van der Waals surface area contributed by atoms with Crippen LogP contribution in [0.4, 0.5) is 0 Å². The van der Waals surface area contributed by atoms with Crippen molar-refractivity contribution >= 4 is 5.97 Å². The topological polar surface area (TPSA) is 137 Å². The SMILES string of the molecule is CCCCCCCCOCCOCCOCCOCCOCCOCCOCCOCCOCCOCCOCCOCC(=O)OC(C)(C)C. The van der Waals surface area contributed by atoms with E-state index < -0.39 is 5.60 Å². The number of ether oxygens (including phenoxy) is 13. The summed E-state index contributed by atoms with van der Waals surface area (Å²) in [7, 11) is 0. The molecule has 0 heterocycles. The Bertz CT molecular complexity index is 665. The minimum Gasteiger partial charge on any atom is -0.458 e. The highest BCUT2D eigenvalue weighted by atomic mass is 16.6.